The third-order valence-corrected chi connectivity index (χ3v) is 4.43. The van der Waals surface area contributed by atoms with E-state index in [-0.39, 0.29) is 11.0 Å². The van der Waals surface area contributed by atoms with E-state index in [2.05, 4.69) is 5.16 Å². The predicted molar refractivity (Wildman–Crippen MR) is 70.5 cm³/mol. The molecule has 0 N–H and O–H groups in total. The van der Waals surface area contributed by atoms with Crippen molar-refractivity contribution in [3.63, 3.8) is 0 Å². The Hall–Kier alpha value is -1.60. The molecule has 1 aromatic rings. The summed E-state index contributed by atoms with van der Waals surface area (Å²) in [7, 11) is -0.490. The smallest absolute Gasteiger partial charge is 0.242 e. The van der Waals surface area contributed by atoms with Crippen molar-refractivity contribution in [1.82, 2.24) is 4.31 Å². The van der Waals surface area contributed by atoms with E-state index in [0.29, 0.717) is 18.1 Å². The van der Waals surface area contributed by atoms with Crippen molar-refractivity contribution >= 4 is 15.9 Å². The first kappa shape index (κ1) is 13.8. The molecule has 1 unspecified atom stereocenters. The number of hydrogen-bond donors (Lipinski definition) is 0. The summed E-state index contributed by atoms with van der Waals surface area (Å²) in [5.74, 6) is 0.881. The Kier molecular flexibility index (Phi) is 3.77. The number of oxime groups is 1. The van der Waals surface area contributed by atoms with Crippen molar-refractivity contribution in [3.8, 4) is 5.75 Å². The lowest BCUT2D eigenvalue weighted by molar-refractivity contribution is 0.0992. The van der Waals surface area contributed by atoms with Gasteiger partial charge in [0.05, 0.1) is 11.3 Å². The molecule has 1 heterocycles. The molecule has 0 spiro atoms. The zero-order valence-corrected chi connectivity index (χ0v) is 11.8. The normalized spacial score (nSPS) is 19.2. The summed E-state index contributed by atoms with van der Waals surface area (Å²) in [4.78, 5) is 5.19. The molecule has 6 nitrogen and oxygen atoms in total. The average molecular weight is 284 g/mol. The molecule has 1 aliphatic rings. The minimum Gasteiger partial charge on any atom is -0.440 e. The molecule has 2 rings (SSSR count). The summed E-state index contributed by atoms with van der Waals surface area (Å²) in [6.45, 7) is 1.88. The van der Waals surface area contributed by atoms with Gasteiger partial charge in [0.15, 0.2) is 0 Å². The summed E-state index contributed by atoms with van der Waals surface area (Å²) in [5, 5.41) is 3.77. The van der Waals surface area contributed by atoms with Crippen molar-refractivity contribution in [2.75, 3.05) is 14.1 Å². The lowest BCUT2D eigenvalue weighted by Gasteiger charge is -2.12. The molecule has 104 valence electrons. The van der Waals surface area contributed by atoms with E-state index >= 15 is 0 Å². The zero-order valence-electron chi connectivity index (χ0n) is 11.0. The van der Waals surface area contributed by atoms with Gasteiger partial charge < -0.3 is 9.57 Å². The number of ether oxygens (including phenoxy) is 1. The molecule has 0 saturated carbocycles. The summed E-state index contributed by atoms with van der Waals surface area (Å²) < 4.78 is 30.6. The molecule has 0 aliphatic carbocycles. The van der Waals surface area contributed by atoms with Gasteiger partial charge in [-0.3, -0.25) is 0 Å². The minimum atomic E-state index is -3.46. The predicted octanol–water partition coefficient (Wildman–Crippen LogP) is 1.44. The first-order chi connectivity index (χ1) is 8.89. The second-order valence-electron chi connectivity index (χ2n) is 4.47. The van der Waals surface area contributed by atoms with Gasteiger partial charge in [-0.05, 0) is 19.1 Å². The van der Waals surface area contributed by atoms with Crippen LogP contribution in [-0.2, 0) is 14.9 Å². The molecule has 0 radical (unpaired) electrons. The van der Waals surface area contributed by atoms with E-state index < -0.39 is 10.0 Å². The van der Waals surface area contributed by atoms with Crippen molar-refractivity contribution in [2.24, 2.45) is 5.16 Å². The number of rotatable bonds is 3. The number of sulfonamides is 1. The van der Waals surface area contributed by atoms with Crippen LogP contribution >= 0.6 is 0 Å². The van der Waals surface area contributed by atoms with Crippen molar-refractivity contribution in [3.05, 3.63) is 24.3 Å². The highest BCUT2D eigenvalue weighted by Gasteiger charge is 2.20. The van der Waals surface area contributed by atoms with Crippen LogP contribution in [0.3, 0.4) is 0 Å². The maximum Gasteiger partial charge on any atom is 0.242 e. The lowest BCUT2D eigenvalue weighted by atomic mass is 10.3. The van der Waals surface area contributed by atoms with Crippen LogP contribution in [-0.4, -0.2) is 38.8 Å². The van der Waals surface area contributed by atoms with Crippen LogP contribution in [0.15, 0.2) is 34.3 Å². The van der Waals surface area contributed by atoms with Gasteiger partial charge in [-0.1, -0.05) is 11.2 Å². The Morgan fingerprint density at radius 3 is 2.74 bits per heavy atom. The molecular weight excluding hydrogens is 268 g/mol. The molecule has 0 amide bonds. The van der Waals surface area contributed by atoms with Gasteiger partial charge in [-0.2, -0.15) is 0 Å². The van der Waals surface area contributed by atoms with E-state index in [9.17, 15) is 8.42 Å². The van der Waals surface area contributed by atoms with Crippen LogP contribution in [0.25, 0.3) is 0 Å². The molecular formula is C12H16N2O4S. The van der Waals surface area contributed by atoms with Gasteiger partial charge >= 0.3 is 0 Å². The second-order valence-corrected chi connectivity index (χ2v) is 6.62. The van der Waals surface area contributed by atoms with Crippen molar-refractivity contribution in [2.45, 2.75) is 24.3 Å². The first-order valence-corrected chi connectivity index (χ1v) is 7.27. The molecule has 1 atom stereocenters. The van der Waals surface area contributed by atoms with Crippen LogP contribution in [0.4, 0.5) is 0 Å². The highest BCUT2D eigenvalue weighted by Crippen LogP contribution is 2.21. The number of hydrogen-bond acceptors (Lipinski definition) is 5. The Bertz CT molecular complexity index is 596. The van der Waals surface area contributed by atoms with Crippen LogP contribution in [0.1, 0.15) is 13.3 Å². The Morgan fingerprint density at radius 2 is 2.16 bits per heavy atom. The maximum absolute atomic E-state index is 12.0. The quantitative estimate of drug-likeness (QED) is 0.842. The highest BCUT2D eigenvalue weighted by atomic mass is 32.2. The molecule has 0 saturated heterocycles. The SMILES string of the molecule is CC1CC(Oc2cccc(S(=O)(=O)N(C)C)c2)=NO1. The zero-order chi connectivity index (χ0) is 14.0. The summed E-state index contributed by atoms with van der Waals surface area (Å²) in [6.07, 6.45) is 0.564. The molecule has 1 aliphatic heterocycles. The number of nitrogens with zero attached hydrogens (tertiary/aromatic N) is 2. The maximum atomic E-state index is 12.0. The fraction of sp³-hybridized carbons (Fsp3) is 0.417. The van der Waals surface area contributed by atoms with Gasteiger partial charge in [0.2, 0.25) is 15.9 Å². The Morgan fingerprint density at radius 1 is 1.42 bits per heavy atom. The molecule has 0 aromatic heterocycles. The van der Waals surface area contributed by atoms with Crippen LogP contribution < -0.4 is 4.74 Å². The minimum absolute atomic E-state index is 0.0105. The van der Waals surface area contributed by atoms with Gasteiger partial charge in [0.25, 0.3) is 0 Å². The van der Waals surface area contributed by atoms with Crippen LogP contribution in [0, 0.1) is 0 Å². The Labute approximate surface area is 112 Å². The topological polar surface area (TPSA) is 68.2 Å². The Balaban J connectivity index is 2.21. The summed E-state index contributed by atoms with van der Waals surface area (Å²) in [5.41, 5.74) is 0. The molecule has 1 aromatic carbocycles. The fourth-order valence-electron chi connectivity index (χ4n) is 1.57. The molecule has 19 heavy (non-hydrogen) atoms. The van der Waals surface area contributed by atoms with Gasteiger partial charge in [-0.25, -0.2) is 12.7 Å². The standard InChI is InChI=1S/C12H16N2O4S/c1-9-7-12(13-18-9)17-10-5-4-6-11(8-10)19(15,16)14(2)3/h4-6,8-9H,7H2,1-3H3. The third kappa shape index (κ3) is 3.05. The monoisotopic (exact) mass is 284 g/mol. The highest BCUT2D eigenvalue weighted by molar-refractivity contribution is 7.89. The third-order valence-electron chi connectivity index (χ3n) is 2.62. The van der Waals surface area contributed by atoms with E-state index in [1.807, 2.05) is 6.92 Å². The number of benzene rings is 1. The molecule has 7 heteroatoms. The lowest BCUT2D eigenvalue weighted by Crippen LogP contribution is -2.22. The van der Waals surface area contributed by atoms with E-state index in [4.69, 9.17) is 9.57 Å². The van der Waals surface area contributed by atoms with Crippen molar-refractivity contribution in [1.29, 1.82) is 0 Å². The summed E-state index contributed by atoms with van der Waals surface area (Å²) in [6, 6.07) is 6.31. The van der Waals surface area contributed by atoms with Crippen molar-refractivity contribution < 1.29 is 18.0 Å². The molecule has 0 bridgehead atoms. The van der Waals surface area contributed by atoms with Gasteiger partial charge in [0, 0.05) is 20.2 Å². The van der Waals surface area contributed by atoms with Gasteiger partial charge in [0.1, 0.15) is 11.9 Å². The van der Waals surface area contributed by atoms with Crippen LogP contribution in [0.5, 0.6) is 5.75 Å². The van der Waals surface area contributed by atoms with E-state index in [1.165, 1.54) is 26.2 Å². The fourth-order valence-corrected chi connectivity index (χ4v) is 2.51. The summed E-state index contributed by atoms with van der Waals surface area (Å²) >= 11 is 0. The average Bonchev–Trinajstić information content (AvgIpc) is 2.75. The van der Waals surface area contributed by atoms with Crippen LogP contribution in [0.2, 0.25) is 0 Å². The van der Waals surface area contributed by atoms with E-state index in [0.717, 1.165) is 4.31 Å². The van der Waals surface area contributed by atoms with E-state index in [1.54, 1.807) is 12.1 Å². The second kappa shape index (κ2) is 5.18. The van der Waals surface area contributed by atoms with Gasteiger partial charge in [-0.15, -0.1) is 0 Å². The molecule has 0 fully saturated rings. The largest absolute Gasteiger partial charge is 0.440 e. The first-order valence-electron chi connectivity index (χ1n) is 5.83.